The molecule has 0 aliphatic carbocycles. The van der Waals surface area contributed by atoms with Gasteiger partial charge in [0.15, 0.2) is 11.3 Å². The molecule has 0 saturated carbocycles. The normalized spacial score (nSPS) is 32.1. The van der Waals surface area contributed by atoms with Gasteiger partial charge in [0.2, 0.25) is 0 Å². The van der Waals surface area contributed by atoms with Gasteiger partial charge >= 0.3 is 13.7 Å². The molecule has 0 spiro atoms. The van der Waals surface area contributed by atoms with Crippen molar-refractivity contribution in [2.24, 2.45) is 5.92 Å². The second-order valence-corrected chi connectivity index (χ2v) is 10.7. The summed E-state index contributed by atoms with van der Waals surface area (Å²) in [4.78, 5) is 20.7. The van der Waals surface area contributed by atoms with Crippen LogP contribution in [-0.4, -0.2) is 62.7 Å². The van der Waals surface area contributed by atoms with Crippen LogP contribution < -0.4 is 5.09 Å². The molecule has 6 atom stereocenters. The summed E-state index contributed by atoms with van der Waals surface area (Å²) in [6.45, 7) is 8.73. The molecule has 0 aromatic carbocycles. The Morgan fingerprint density at radius 3 is 2.85 bits per heavy atom. The molecular formula is C21H31FN5O6P. The first-order valence-electron chi connectivity index (χ1n) is 11.5. The molecule has 2 aromatic rings. The molecule has 4 heterocycles. The highest BCUT2D eigenvalue weighted by molar-refractivity contribution is 7.51. The molecule has 2 aliphatic heterocycles. The number of hydrogen-bond donors (Lipinski definition) is 1. The number of esters is 1. The minimum atomic E-state index is -4.01. The molecule has 11 nitrogen and oxygen atoms in total. The maximum Gasteiger partial charge on any atom is 0.406 e. The molecule has 2 aromatic heterocycles. The van der Waals surface area contributed by atoms with E-state index < -0.39 is 43.7 Å². The number of rotatable bonds is 8. The van der Waals surface area contributed by atoms with Crippen molar-refractivity contribution in [2.45, 2.75) is 77.5 Å². The third kappa shape index (κ3) is 4.61. The Morgan fingerprint density at radius 2 is 2.15 bits per heavy atom. The largest absolute Gasteiger partial charge is 0.464 e. The summed E-state index contributed by atoms with van der Waals surface area (Å²) in [7, 11) is -4.01. The Morgan fingerprint density at radius 1 is 1.41 bits per heavy atom. The average molecular weight is 499 g/mol. The summed E-state index contributed by atoms with van der Waals surface area (Å²) in [6.07, 6.45) is 1.49. The first kappa shape index (κ1) is 25.1. The van der Waals surface area contributed by atoms with Gasteiger partial charge in [0.05, 0.1) is 30.8 Å². The highest BCUT2D eigenvalue weighted by Gasteiger charge is 2.61. The van der Waals surface area contributed by atoms with Gasteiger partial charge in [-0.05, 0) is 26.7 Å². The maximum absolute atomic E-state index is 16.1. The fourth-order valence-electron chi connectivity index (χ4n) is 4.23. The fraction of sp³-hybridized carbons (Fsp3) is 0.714. The molecule has 2 saturated heterocycles. The van der Waals surface area contributed by atoms with E-state index in [2.05, 4.69) is 20.2 Å². The van der Waals surface area contributed by atoms with E-state index in [-0.39, 0.29) is 19.1 Å². The van der Waals surface area contributed by atoms with Crippen LogP contribution in [0.1, 0.15) is 58.0 Å². The van der Waals surface area contributed by atoms with Crippen LogP contribution in [0.25, 0.3) is 5.65 Å². The summed E-state index contributed by atoms with van der Waals surface area (Å²) >= 11 is 0. The summed E-state index contributed by atoms with van der Waals surface area (Å²) < 4.78 is 53.1. The zero-order valence-corrected chi connectivity index (χ0v) is 20.8. The van der Waals surface area contributed by atoms with Crippen LogP contribution >= 0.6 is 7.75 Å². The van der Waals surface area contributed by atoms with Gasteiger partial charge in [-0.1, -0.05) is 26.7 Å². The van der Waals surface area contributed by atoms with Gasteiger partial charge in [-0.15, -0.1) is 0 Å². The van der Waals surface area contributed by atoms with Gasteiger partial charge < -0.3 is 9.47 Å². The molecule has 2 fully saturated rings. The van der Waals surface area contributed by atoms with Crippen LogP contribution in [0.2, 0.25) is 0 Å². The van der Waals surface area contributed by atoms with E-state index in [1.807, 2.05) is 13.8 Å². The van der Waals surface area contributed by atoms with Crippen molar-refractivity contribution in [3.8, 4) is 0 Å². The molecule has 34 heavy (non-hydrogen) atoms. The second kappa shape index (κ2) is 9.58. The third-order valence-electron chi connectivity index (χ3n) is 6.47. The van der Waals surface area contributed by atoms with Crippen LogP contribution in [0.3, 0.4) is 0 Å². The average Bonchev–Trinajstić information content (AvgIpc) is 3.33. The smallest absolute Gasteiger partial charge is 0.406 e. The molecule has 2 aliphatic rings. The number of imidazole rings is 1. The van der Waals surface area contributed by atoms with Crippen molar-refractivity contribution in [1.82, 2.24) is 24.7 Å². The molecule has 188 valence electrons. The number of carbonyl (C=O) groups is 1. The quantitative estimate of drug-likeness (QED) is 0.428. The molecule has 4 rings (SSSR count). The summed E-state index contributed by atoms with van der Waals surface area (Å²) in [5.41, 5.74) is -0.586. The van der Waals surface area contributed by atoms with Crippen molar-refractivity contribution >= 4 is 19.4 Å². The minimum absolute atomic E-state index is 0.175. The maximum atomic E-state index is 16.1. The number of fused-ring (bicyclic) bond motifs is 2. The van der Waals surface area contributed by atoms with E-state index in [0.29, 0.717) is 17.0 Å². The standard InChI is InChI=1S/C21H31FN5O6P/c1-6-14(7-2)9-30-20(28)13(4)26-34(29)31-10-16-18(33-34)21(5,22)17(32-16)15-8-23-19-12(3)24-11-25-27(15)19/h8,11,13-14,16-18H,6-7,9-10H2,1-5H3,(H,26,29)/t13-,16+,17-,18+,21-,34?/m0/s1. The zero-order chi connectivity index (χ0) is 24.7. The topological polar surface area (TPSA) is 126 Å². The van der Waals surface area contributed by atoms with Crippen molar-refractivity contribution in [3.05, 3.63) is 23.9 Å². The van der Waals surface area contributed by atoms with E-state index in [0.717, 1.165) is 12.8 Å². The zero-order valence-electron chi connectivity index (χ0n) is 19.9. The fourth-order valence-corrected chi connectivity index (χ4v) is 5.99. The first-order valence-corrected chi connectivity index (χ1v) is 13.0. The summed E-state index contributed by atoms with van der Waals surface area (Å²) in [5, 5.41) is 6.73. The summed E-state index contributed by atoms with van der Waals surface area (Å²) in [5.74, 6) is -0.329. The number of carbonyl (C=O) groups excluding carboxylic acids is 1. The number of halogens is 1. The van der Waals surface area contributed by atoms with Crippen molar-refractivity contribution < 1.29 is 32.3 Å². The molecule has 0 bridgehead atoms. The minimum Gasteiger partial charge on any atom is -0.464 e. The van der Waals surface area contributed by atoms with E-state index in [1.165, 1.54) is 30.9 Å². The SMILES string of the molecule is CCC(CC)COC(=O)[C@H](C)NP1(=O)OC[C@H]2O[C@@H](c3cnc4c(C)ncnn34)[C@](C)(F)[C@@H]2O1. The molecule has 1 unspecified atom stereocenters. The van der Waals surface area contributed by atoms with Gasteiger partial charge in [0.1, 0.15) is 30.7 Å². The van der Waals surface area contributed by atoms with E-state index in [9.17, 15) is 9.36 Å². The Kier molecular flexibility index (Phi) is 7.08. The van der Waals surface area contributed by atoms with Gasteiger partial charge in [-0.25, -0.2) is 28.5 Å². The predicted octanol–water partition coefficient (Wildman–Crippen LogP) is 3.08. The monoisotopic (exact) mass is 499 g/mol. The lowest BCUT2D eigenvalue weighted by molar-refractivity contribution is -0.147. The lowest BCUT2D eigenvalue weighted by Gasteiger charge is -2.35. The lowest BCUT2D eigenvalue weighted by atomic mass is 9.93. The molecule has 1 N–H and O–H groups in total. The van der Waals surface area contributed by atoms with Crippen LogP contribution in [0, 0.1) is 12.8 Å². The molecule has 0 amide bonds. The first-order chi connectivity index (χ1) is 16.1. The van der Waals surface area contributed by atoms with E-state index in [1.54, 1.807) is 6.92 Å². The van der Waals surface area contributed by atoms with Crippen LogP contribution in [0.5, 0.6) is 0 Å². The summed E-state index contributed by atoms with van der Waals surface area (Å²) in [6, 6.07) is -0.973. The number of nitrogens with zero attached hydrogens (tertiary/aromatic N) is 4. The van der Waals surface area contributed by atoms with Crippen LogP contribution in [-0.2, 0) is 27.9 Å². The van der Waals surface area contributed by atoms with Crippen LogP contribution in [0.4, 0.5) is 4.39 Å². The second-order valence-electron chi connectivity index (χ2n) is 8.95. The number of nitrogens with one attached hydrogen (secondary N) is 1. The number of hydrogen-bond acceptors (Lipinski definition) is 9. The van der Waals surface area contributed by atoms with Gasteiger partial charge in [-0.3, -0.25) is 13.8 Å². The Hall–Kier alpha value is -1.98. The van der Waals surface area contributed by atoms with Crippen LogP contribution in [0.15, 0.2) is 12.5 Å². The predicted molar refractivity (Wildman–Crippen MR) is 119 cm³/mol. The molecule has 0 radical (unpaired) electrons. The van der Waals surface area contributed by atoms with E-state index >= 15 is 4.39 Å². The van der Waals surface area contributed by atoms with Gasteiger partial charge in [0, 0.05) is 0 Å². The third-order valence-corrected chi connectivity index (χ3v) is 8.17. The highest BCUT2D eigenvalue weighted by atomic mass is 31.2. The van der Waals surface area contributed by atoms with E-state index in [4.69, 9.17) is 18.5 Å². The lowest BCUT2D eigenvalue weighted by Crippen LogP contribution is -2.47. The number of aromatic nitrogens is 4. The van der Waals surface area contributed by atoms with Crippen molar-refractivity contribution in [2.75, 3.05) is 13.2 Å². The van der Waals surface area contributed by atoms with Crippen molar-refractivity contribution in [3.63, 3.8) is 0 Å². The van der Waals surface area contributed by atoms with Gasteiger partial charge in [0.25, 0.3) is 0 Å². The van der Waals surface area contributed by atoms with Gasteiger partial charge in [-0.2, -0.15) is 5.10 Å². The Labute approximate surface area is 197 Å². The Balaban J connectivity index is 1.47. The Bertz CT molecular complexity index is 1090. The number of alkyl halides is 1. The molecular weight excluding hydrogens is 468 g/mol. The van der Waals surface area contributed by atoms with Crippen molar-refractivity contribution in [1.29, 1.82) is 0 Å². The highest BCUT2D eigenvalue weighted by Crippen LogP contribution is 2.57. The number of aryl methyl sites for hydroxylation is 1. The molecule has 13 heteroatoms. The number of ether oxygens (including phenoxy) is 2.